The van der Waals surface area contributed by atoms with E-state index in [0.717, 1.165) is 10.6 Å². The highest BCUT2D eigenvalue weighted by molar-refractivity contribution is 7.14. The first kappa shape index (κ1) is 16.5. The Morgan fingerprint density at radius 1 is 1.23 bits per heavy atom. The smallest absolute Gasteiger partial charge is 0.323 e. The molecule has 4 nitrogen and oxygen atoms in total. The Labute approximate surface area is 135 Å². The first-order chi connectivity index (χ1) is 10.6. The quantitative estimate of drug-likeness (QED) is 0.851. The highest BCUT2D eigenvalue weighted by Crippen LogP contribution is 2.19. The highest BCUT2D eigenvalue weighted by Gasteiger charge is 2.26. The van der Waals surface area contributed by atoms with Gasteiger partial charge in [0, 0.05) is 6.54 Å². The number of amides is 2. The van der Waals surface area contributed by atoms with E-state index in [4.69, 9.17) is 0 Å². The lowest BCUT2D eigenvalue weighted by atomic mass is 10.0. The minimum atomic E-state index is -0.222. The van der Waals surface area contributed by atoms with Gasteiger partial charge in [-0.25, -0.2) is 4.79 Å². The molecular weight excluding hydrogens is 296 g/mol. The van der Waals surface area contributed by atoms with E-state index in [0.29, 0.717) is 6.54 Å². The van der Waals surface area contributed by atoms with E-state index in [-0.39, 0.29) is 24.6 Å². The van der Waals surface area contributed by atoms with Crippen molar-refractivity contribution in [2.45, 2.75) is 26.4 Å². The molecule has 0 spiro atoms. The molecule has 2 rings (SSSR count). The predicted octanol–water partition coefficient (Wildman–Crippen LogP) is 3.80. The maximum atomic E-state index is 12.6. The summed E-state index contributed by atoms with van der Waals surface area (Å²) in [5, 5.41) is 15.3. The molecule has 2 amide bonds. The van der Waals surface area contributed by atoms with E-state index >= 15 is 0 Å². The number of carbonyl (C=O) groups excluding carboxylic acids is 1. The topological polar surface area (TPSA) is 52.6 Å². The normalized spacial score (nSPS) is 12.2. The fourth-order valence-corrected chi connectivity index (χ4v) is 2.92. The number of aliphatic hydroxyl groups excluding tert-OH is 1. The van der Waals surface area contributed by atoms with Crippen molar-refractivity contribution >= 4 is 22.4 Å². The van der Waals surface area contributed by atoms with Crippen molar-refractivity contribution in [1.29, 1.82) is 0 Å². The van der Waals surface area contributed by atoms with Crippen molar-refractivity contribution < 1.29 is 9.90 Å². The van der Waals surface area contributed by atoms with Crippen molar-refractivity contribution in [3.63, 3.8) is 0 Å². The largest absolute Gasteiger partial charge is 0.394 e. The van der Waals surface area contributed by atoms with Gasteiger partial charge in [0.15, 0.2) is 0 Å². The first-order valence-electron chi connectivity index (χ1n) is 7.37. The molecule has 2 N–H and O–H groups in total. The number of hydrogen-bond donors (Lipinski definition) is 2. The van der Waals surface area contributed by atoms with Crippen LogP contribution in [0.1, 0.15) is 19.4 Å². The maximum absolute atomic E-state index is 12.6. The molecule has 2 aromatic rings. The van der Waals surface area contributed by atoms with Crippen LogP contribution in [0.4, 0.5) is 9.80 Å². The van der Waals surface area contributed by atoms with E-state index in [2.05, 4.69) is 5.32 Å². The van der Waals surface area contributed by atoms with Gasteiger partial charge >= 0.3 is 6.03 Å². The fourth-order valence-electron chi connectivity index (χ4n) is 2.32. The summed E-state index contributed by atoms with van der Waals surface area (Å²) < 4.78 is 0. The lowest BCUT2D eigenvalue weighted by molar-refractivity contribution is 0.110. The van der Waals surface area contributed by atoms with Crippen LogP contribution < -0.4 is 5.32 Å². The van der Waals surface area contributed by atoms with Crippen LogP contribution in [-0.4, -0.2) is 28.7 Å². The zero-order valence-electron chi connectivity index (χ0n) is 12.9. The molecule has 22 heavy (non-hydrogen) atoms. The molecule has 0 bridgehead atoms. The number of anilines is 1. The average Bonchev–Trinajstić information content (AvgIpc) is 3.00. The third-order valence-corrected chi connectivity index (χ3v) is 4.35. The zero-order valence-corrected chi connectivity index (χ0v) is 13.7. The van der Waals surface area contributed by atoms with Gasteiger partial charge in [0.1, 0.15) is 0 Å². The molecule has 1 heterocycles. The number of rotatable bonds is 6. The van der Waals surface area contributed by atoms with E-state index in [9.17, 15) is 9.90 Å². The van der Waals surface area contributed by atoms with E-state index < -0.39 is 0 Å². The van der Waals surface area contributed by atoms with Gasteiger partial charge in [-0.1, -0.05) is 44.2 Å². The summed E-state index contributed by atoms with van der Waals surface area (Å²) in [5.74, 6) is 0.169. The molecule has 1 aromatic heterocycles. The molecule has 1 aromatic carbocycles. The van der Waals surface area contributed by atoms with Gasteiger partial charge in [-0.15, -0.1) is 11.3 Å². The second kappa shape index (κ2) is 7.96. The van der Waals surface area contributed by atoms with Gasteiger partial charge in [-0.2, -0.15) is 0 Å². The van der Waals surface area contributed by atoms with E-state index in [1.807, 2.05) is 61.7 Å². The Morgan fingerprint density at radius 3 is 2.50 bits per heavy atom. The van der Waals surface area contributed by atoms with Crippen LogP contribution in [0.2, 0.25) is 0 Å². The molecule has 0 unspecified atom stereocenters. The third-order valence-electron chi connectivity index (χ3n) is 3.56. The fraction of sp³-hybridized carbons (Fsp3) is 0.353. The molecule has 1 atom stereocenters. The summed E-state index contributed by atoms with van der Waals surface area (Å²) in [6.07, 6.45) is 0. The van der Waals surface area contributed by atoms with Gasteiger partial charge in [0.05, 0.1) is 17.6 Å². The minimum Gasteiger partial charge on any atom is -0.394 e. The van der Waals surface area contributed by atoms with Gasteiger partial charge < -0.3 is 10.0 Å². The Morgan fingerprint density at radius 2 is 1.95 bits per heavy atom. The molecule has 118 valence electrons. The first-order valence-corrected chi connectivity index (χ1v) is 8.25. The van der Waals surface area contributed by atoms with Crippen molar-refractivity contribution in [3.05, 3.63) is 53.4 Å². The number of nitrogens with one attached hydrogen (secondary N) is 1. The molecule has 0 radical (unpaired) electrons. The number of benzene rings is 1. The van der Waals surface area contributed by atoms with Crippen molar-refractivity contribution in [1.82, 2.24) is 4.90 Å². The van der Waals surface area contributed by atoms with Crippen molar-refractivity contribution in [2.75, 3.05) is 11.9 Å². The number of nitrogens with zero attached hydrogens (tertiary/aromatic N) is 1. The highest BCUT2D eigenvalue weighted by atomic mass is 32.1. The van der Waals surface area contributed by atoms with Gasteiger partial charge in [0.2, 0.25) is 0 Å². The number of urea groups is 1. The second-order valence-corrected chi connectivity index (χ2v) is 6.46. The van der Waals surface area contributed by atoms with Crippen molar-refractivity contribution in [3.8, 4) is 0 Å². The van der Waals surface area contributed by atoms with Crippen LogP contribution >= 0.6 is 11.3 Å². The van der Waals surface area contributed by atoms with Crippen LogP contribution in [0.3, 0.4) is 0 Å². The molecule has 0 saturated carbocycles. The monoisotopic (exact) mass is 318 g/mol. The molecular formula is C17H22N2O2S. The SMILES string of the molecule is CC(C)[C@H](CO)N(Cc1ccccc1)C(=O)Nc1cccs1. The Bertz CT molecular complexity index is 570. The van der Waals surface area contributed by atoms with Crippen molar-refractivity contribution in [2.24, 2.45) is 5.92 Å². The van der Waals surface area contributed by atoms with Crippen LogP contribution in [0, 0.1) is 5.92 Å². The Kier molecular flexibility index (Phi) is 5.98. The summed E-state index contributed by atoms with van der Waals surface area (Å²) in [7, 11) is 0. The summed E-state index contributed by atoms with van der Waals surface area (Å²) >= 11 is 1.48. The maximum Gasteiger partial charge on any atom is 0.323 e. The molecule has 0 saturated heterocycles. The second-order valence-electron chi connectivity index (χ2n) is 5.51. The summed E-state index contributed by atoms with van der Waals surface area (Å²) in [5.41, 5.74) is 1.04. The van der Waals surface area contributed by atoms with Crippen LogP contribution in [0.25, 0.3) is 0 Å². The molecule has 5 heteroatoms. The third kappa shape index (κ3) is 4.32. The van der Waals surface area contributed by atoms with Gasteiger partial charge in [-0.3, -0.25) is 5.32 Å². The summed E-state index contributed by atoms with van der Waals surface area (Å²) in [6.45, 7) is 4.44. The van der Waals surface area contributed by atoms with Gasteiger partial charge in [0.25, 0.3) is 0 Å². The van der Waals surface area contributed by atoms with Crippen LogP contribution in [-0.2, 0) is 6.54 Å². The Balaban J connectivity index is 2.18. The lowest BCUT2D eigenvalue weighted by Gasteiger charge is -2.33. The molecule has 0 aliphatic carbocycles. The summed E-state index contributed by atoms with van der Waals surface area (Å²) in [6, 6.07) is 13.2. The van der Waals surface area contributed by atoms with E-state index in [1.54, 1.807) is 4.90 Å². The predicted molar refractivity (Wildman–Crippen MR) is 91.0 cm³/mol. The minimum absolute atomic E-state index is 0.0532. The lowest BCUT2D eigenvalue weighted by Crippen LogP contribution is -2.46. The van der Waals surface area contributed by atoms with E-state index in [1.165, 1.54) is 11.3 Å². The number of aliphatic hydroxyl groups is 1. The zero-order chi connectivity index (χ0) is 15.9. The van der Waals surface area contributed by atoms with Crippen LogP contribution in [0.15, 0.2) is 47.8 Å². The number of hydrogen-bond acceptors (Lipinski definition) is 3. The van der Waals surface area contributed by atoms with Crippen LogP contribution in [0.5, 0.6) is 0 Å². The summed E-state index contributed by atoms with van der Waals surface area (Å²) in [4.78, 5) is 14.3. The molecule has 0 fully saturated rings. The van der Waals surface area contributed by atoms with Gasteiger partial charge in [-0.05, 0) is 29.0 Å². The Hall–Kier alpha value is -1.85. The standard InChI is InChI=1S/C17H22N2O2S/c1-13(2)15(12-20)19(11-14-7-4-3-5-8-14)17(21)18-16-9-6-10-22-16/h3-10,13,15,20H,11-12H2,1-2H3,(H,18,21)/t15-/m0/s1. The average molecular weight is 318 g/mol. The molecule has 0 aliphatic rings. The number of thiophene rings is 1. The molecule has 0 aliphatic heterocycles. The number of carbonyl (C=O) groups is 1.